The lowest BCUT2D eigenvalue weighted by molar-refractivity contribution is 0.473. The normalized spacial score (nSPS) is 10.4. The van der Waals surface area contributed by atoms with Crippen molar-refractivity contribution in [2.24, 2.45) is 0 Å². The zero-order valence-corrected chi connectivity index (χ0v) is 9.90. The van der Waals surface area contributed by atoms with E-state index in [2.05, 4.69) is 48.5 Å². The zero-order valence-electron chi connectivity index (χ0n) is 9.90. The van der Waals surface area contributed by atoms with Crippen LogP contribution in [0.1, 0.15) is 23.1 Å². The summed E-state index contributed by atoms with van der Waals surface area (Å²) >= 11 is 0. The predicted molar refractivity (Wildman–Crippen MR) is 70.0 cm³/mol. The zero-order chi connectivity index (χ0) is 11.9. The minimum absolute atomic E-state index is 0.230. The van der Waals surface area contributed by atoms with Crippen LogP contribution in [0.25, 0.3) is 0 Å². The van der Waals surface area contributed by atoms with E-state index in [1.165, 1.54) is 16.7 Å². The minimum Gasteiger partial charge on any atom is -0.251 e. The van der Waals surface area contributed by atoms with E-state index < -0.39 is 0 Å². The van der Waals surface area contributed by atoms with Gasteiger partial charge in [0.05, 0.1) is 6.67 Å². The smallest absolute Gasteiger partial charge is 0.0897 e. The van der Waals surface area contributed by atoms with Crippen LogP contribution in [0, 0.1) is 0 Å². The second-order valence-corrected chi connectivity index (χ2v) is 4.27. The van der Waals surface area contributed by atoms with Gasteiger partial charge in [0.25, 0.3) is 0 Å². The van der Waals surface area contributed by atoms with Gasteiger partial charge in [0, 0.05) is 0 Å². The third-order valence-electron chi connectivity index (χ3n) is 2.87. The van der Waals surface area contributed by atoms with Gasteiger partial charge in [-0.2, -0.15) is 0 Å². The lowest BCUT2D eigenvalue weighted by atomic mass is 10.0. The lowest BCUT2D eigenvalue weighted by Crippen LogP contribution is -1.90. The first-order valence-corrected chi connectivity index (χ1v) is 6.06. The Labute approximate surface area is 102 Å². The Morgan fingerprint density at radius 1 is 0.706 bits per heavy atom. The summed E-state index contributed by atoms with van der Waals surface area (Å²) in [6.07, 6.45) is 2.42. The Morgan fingerprint density at radius 2 is 1.29 bits per heavy atom. The van der Waals surface area contributed by atoms with E-state index in [1.54, 1.807) is 0 Å². The molecule has 0 nitrogen and oxygen atoms in total. The van der Waals surface area contributed by atoms with Crippen LogP contribution < -0.4 is 0 Å². The lowest BCUT2D eigenvalue weighted by Gasteiger charge is -2.04. The fourth-order valence-corrected chi connectivity index (χ4v) is 1.93. The molecule has 88 valence electrons. The van der Waals surface area contributed by atoms with E-state index in [4.69, 9.17) is 0 Å². The number of aryl methyl sites for hydroxylation is 1. The highest BCUT2D eigenvalue weighted by Gasteiger charge is 1.97. The summed E-state index contributed by atoms with van der Waals surface area (Å²) in [5.74, 6) is 0. The standard InChI is InChI=1S/C16H17F/c17-12-4-7-14-8-10-16(11-9-14)13-15-5-2-1-3-6-15/h1-3,5-6,8-11H,4,7,12-13H2. The SMILES string of the molecule is FCCCc1ccc(Cc2ccccc2)cc1. The first-order valence-electron chi connectivity index (χ1n) is 6.06. The van der Waals surface area contributed by atoms with Gasteiger partial charge in [-0.05, 0) is 36.0 Å². The van der Waals surface area contributed by atoms with E-state index in [1.807, 2.05) is 6.07 Å². The fourth-order valence-electron chi connectivity index (χ4n) is 1.93. The molecule has 0 heterocycles. The van der Waals surface area contributed by atoms with E-state index in [0.717, 1.165) is 12.8 Å². The van der Waals surface area contributed by atoms with Gasteiger partial charge in [0.1, 0.15) is 0 Å². The van der Waals surface area contributed by atoms with Crippen molar-refractivity contribution in [1.82, 2.24) is 0 Å². The Hall–Kier alpha value is -1.63. The summed E-state index contributed by atoms with van der Waals surface area (Å²) in [5.41, 5.74) is 3.85. The highest BCUT2D eigenvalue weighted by atomic mass is 19.1. The molecule has 0 saturated carbocycles. The number of rotatable bonds is 5. The summed E-state index contributed by atoms with van der Waals surface area (Å²) in [5, 5.41) is 0. The third-order valence-corrected chi connectivity index (χ3v) is 2.87. The average molecular weight is 228 g/mol. The molecule has 0 fully saturated rings. The highest BCUT2D eigenvalue weighted by molar-refractivity contribution is 5.28. The van der Waals surface area contributed by atoms with Crippen molar-refractivity contribution in [3.8, 4) is 0 Å². The summed E-state index contributed by atoms with van der Waals surface area (Å²) < 4.78 is 12.0. The van der Waals surface area contributed by atoms with Crippen molar-refractivity contribution in [3.05, 3.63) is 71.3 Å². The van der Waals surface area contributed by atoms with Crippen LogP contribution in [0.2, 0.25) is 0 Å². The second kappa shape index (κ2) is 6.19. The molecule has 0 N–H and O–H groups in total. The predicted octanol–water partition coefficient (Wildman–Crippen LogP) is 4.18. The Morgan fingerprint density at radius 3 is 1.94 bits per heavy atom. The van der Waals surface area contributed by atoms with Crippen LogP contribution in [0.15, 0.2) is 54.6 Å². The molecule has 2 aromatic rings. The minimum atomic E-state index is -0.230. The van der Waals surface area contributed by atoms with Crippen LogP contribution in [0.5, 0.6) is 0 Å². The van der Waals surface area contributed by atoms with E-state index in [-0.39, 0.29) is 6.67 Å². The fraction of sp³-hybridized carbons (Fsp3) is 0.250. The molecule has 2 rings (SSSR count). The Kier molecular flexibility index (Phi) is 4.31. The highest BCUT2D eigenvalue weighted by Crippen LogP contribution is 2.11. The van der Waals surface area contributed by atoms with Crippen LogP contribution in [-0.2, 0) is 12.8 Å². The maximum absolute atomic E-state index is 12.0. The number of halogens is 1. The van der Waals surface area contributed by atoms with E-state index in [0.29, 0.717) is 6.42 Å². The third kappa shape index (κ3) is 3.70. The molecular weight excluding hydrogens is 211 g/mol. The molecule has 0 amide bonds. The van der Waals surface area contributed by atoms with Gasteiger partial charge in [-0.15, -0.1) is 0 Å². The van der Waals surface area contributed by atoms with Gasteiger partial charge in [-0.1, -0.05) is 54.6 Å². The molecule has 0 atom stereocenters. The molecule has 0 bridgehead atoms. The monoisotopic (exact) mass is 228 g/mol. The van der Waals surface area contributed by atoms with Crippen LogP contribution in [0.4, 0.5) is 4.39 Å². The molecule has 0 aliphatic heterocycles. The molecule has 0 radical (unpaired) electrons. The van der Waals surface area contributed by atoms with Crippen molar-refractivity contribution in [2.45, 2.75) is 19.3 Å². The largest absolute Gasteiger partial charge is 0.251 e. The molecule has 0 saturated heterocycles. The summed E-state index contributed by atoms with van der Waals surface area (Å²) in [7, 11) is 0. The number of alkyl halides is 1. The maximum atomic E-state index is 12.0. The van der Waals surface area contributed by atoms with E-state index >= 15 is 0 Å². The summed E-state index contributed by atoms with van der Waals surface area (Å²) in [6, 6.07) is 18.9. The number of benzene rings is 2. The molecule has 1 heteroatoms. The first kappa shape index (κ1) is 11.8. The second-order valence-electron chi connectivity index (χ2n) is 4.27. The van der Waals surface area contributed by atoms with Crippen molar-refractivity contribution in [3.63, 3.8) is 0 Å². The molecular formula is C16H17F. The number of hydrogen-bond donors (Lipinski definition) is 0. The summed E-state index contributed by atoms with van der Waals surface area (Å²) in [4.78, 5) is 0. The quantitative estimate of drug-likeness (QED) is 0.720. The Balaban J connectivity index is 1.98. The van der Waals surface area contributed by atoms with Crippen molar-refractivity contribution in [2.75, 3.05) is 6.67 Å². The van der Waals surface area contributed by atoms with Gasteiger partial charge < -0.3 is 0 Å². The first-order chi connectivity index (χ1) is 8.38. The molecule has 0 unspecified atom stereocenters. The summed E-state index contributed by atoms with van der Waals surface area (Å²) in [6.45, 7) is -0.230. The average Bonchev–Trinajstić information content (AvgIpc) is 2.39. The van der Waals surface area contributed by atoms with Gasteiger partial charge in [0.2, 0.25) is 0 Å². The van der Waals surface area contributed by atoms with Gasteiger partial charge in [-0.25, -0.2) is 0 Å². The van der Waals surface area contributed by atoms with E-state index in [9.17, 15) is 4.39 Å². The molecule has 2 aromatic carbocycles. The topological polar surface area (TPSA) is 0 Å². The molecule has 0 aliphatic carbocycles. The molecule has 0 aromatic heterocycles. The van der Waals surface area contributed by atoms with Crippen molar-refractivity contribution < 1.29 is 4.39 Å². The molecule has 0 aliphatic rings. The van der Waals surface area contributed by atoms with Crippen molar-refractivity contribution >= 4 is 0 Å². The maximum Gasteiger partial charge on any atom is 0.0897 e. The van der Waals surface area contributed by atoms with Crippen LogP contribution in [-0.4, -0.2) is 6.67 Å². The molecule has 0 spiro atoms. The number of hydrogen-bond acceptors (Lipinski definition) is 0. The molecule has 17 heavy (non-hydrogen) atoms. The Bertz CT molecular complexity index is 431. The van der Waals surface area contributed by atoms with Crippen LogP contribution in [0.3, 0.4) is 0 Å². The van der Waals surface area contributed by atoms with Crippen LogP contribution >= 0.6 is 0 Å². The van der Waals surface area contributed by atoms with Gasteiger partial charge in [0.15, 0.2) is 0 Å². The van der Waals surface area contributed by atoms with Gasteiger partial charge in [-0.3, -0.25) is 4.39 Å². The van der Waals surface area contributed by atoms with Crippen molar-refractivity contribution in [1.29, 1.82) is 0 Å². The van der Waals surface area contributed by atoms with Gasteiger partial charge >= 0.3 is 0 Å².